The number of imide groups is 1. The predicted molar refractivity (Wildman–Crippen MR) is 122 cm³/mol. The first kappa shape index (κ1) is 24.0. The minimum atomic E-state index is -4.91. The Balaban J connectivity index is 1.50. The third-order valence-electron chi connectivity index (χ3n) is 6.26. The van der Waals surface area contributed by atoms with Gasteiger partial charge in [-0.05, 0) is 53.9 Å². The molecule has 0 radical (unpaired) electrons. The van der Waals surface area contributed by atoms with Crippen LogP contribution in [-0.2, 0) is 16.4 Å². The maximum Gasteiger partial charge on any atom is 0.573 e. The molecule has 0 N–H and O–H groups in total. The Morgan fingerprint density at radius 3 is 2.06 bits per heavy atom. The van der Waals surface area contributed by atoms with Crippen molar-refractivity contribution < 1.29 is 35.9 Å². The summed E-state index contributed by atoms with van der Waals surface area (Å²) in [5.74, 6) is -1.57. The summed E-state index contributed by atoms with van der Waals surface area (Å²) in [5, 5.41) is 0. The molecule has 3 aromatic carbocycles. The van der Waals surface area contributed by atoms with Gasteiger partial charge in [0.25, 0.3) is 11.8 Å². The molecule has 186 valence electrons. The molecule has 3 aromatic rings. The zero-order valence-corrected chi connectivity index (χ0v) is 19.4. The second kappa shape index (κ2) is 8.75. The third kappa shape index (κ3) is 4.24. The van der Waals surface area contributed by atoms with E-state index >= 15 is 0 Å². The zero-order chi connectivity index (χ0) is 25.7. The minimum Gasteiger partial charge on any atom is -0.406 e. The van der Waals surface area contributed by atoms with E-state index in [0.717, 1.165) is 34.7 Å². The Labute approximate surface area is 204 Å². The highest BCUT2D eigenvalue weighted by Gasteiger charge is 2.42. The van der Waals surface area contributed by atoms with Crippen LogP contribution in [0, 0.1) is 0 Å². The van der Waals surface area contributed by atoms with Crippen molar-refractivity contribution in [1.82, 2.24) is 9.21 Å². The van der Waals surface area contributed by atoms with Gasteiger partial charge in [0.05, 0.1) is 28.6 Å². The fourth-order valence-electron chi connectivity index (χ4n) is 4.63. The fraction of sp³-hybridized carbons (Fsp3) is 0.200. The summed E-state index contributed by atoms with van der Waals surface area (Å²) in [6, 6.07) is 16.6. The molecule has 7 nitrogen and oxygen atoms in total. The number of carbonyl (C=O) groups excluding carboxylic acids is 2. The van der Waals surface area contributed by atoms with Gasteiger partial charge in [0.2, 0.25) is 10.0 Å². The number of hydrogen-bond donors (Lipinski definition) is 0. The normalized spacial score (nSPS) is 18.2. The molecule has 1 atom stereocenters. The molecule has 0 bridgehead atoms. The summed E-state index contributed by atoms with van der Waals surface area (Å²) in [6.07, 6.45) is -4.52. The molecule has 36 heavy (non-hydrogen) atoms. The number of hydrogen-bond acceptors (Lipinski definition) is 5. The lowest BCUT2D eigenvalue weighted by Gasteiger charge is -2.37. The van der Waals surface area contributed by atoms with Crippen molar-refractivity contribution in [2.75, 3.05) is 13.1 Å². The lowest BCUT2D eigenvalue weighted by molar-refractivity contribution is -0.274. The van der Waals surface area contributed by atoms with Crippen LogP contribution >= 0.6 is 0 Å². The van der Waals surface area contributed by atoms with Crippen molar-refractivity contribution in [1.29, 1.82) is 0 Å². The van der Waals surface area contributed by atoms with Gasteiger partial charge in [-0.25, -0.2) is 8.42 Å². The van der Waals surface area contributed by atoms with Gasteiger partial charge in [-0.15, -0.1) is 13.2 Å². The van der Waals surface area contributed by atoms with Crippen LogP contribution in [0.4, 0.5) is 13.2 Å². The van der Waals surface area contributed by atoms with Crippen molar-refractivity contribution in [2.45, 2.75) is 23.7 Å². The Morgan fingerprint density at radius 2 is 1.44 bits per heavy atom. The maximum atomic E-state index is 13.6. The first-order valence-electron chi connectivity index (χ1n) is 11.0. The van der Waals surface area contributed by atoms with E-state index < -0.39 is 40.0 Å². The van der Waals surface area contributed by atoms with E-state index in [0.29, 0.717) is 12.0 Å². The number of alkyl halides is 3. The summed E-state index contributed by atoms with van der Waals surface area (Å²) < 4.78 is 69.8. The van der Waals surface area contributed by atoms with Gasteiger partial charge >= 0.3 is 6.36 Å². The summed E-state index contributed by atoms with van der Waals surface area (Å²) in [7, 11) is -4.21. The molecule has 0 aliphatic carbocycles. The molecule has 0 saturated heterocycles. The Hall–Kier alpha value is -3.70. The number of benzene rings is 3. The number of rotatable bonds is 5. The van der Waals surface area contributed by atoms with E-state index in [1.54, 1.807) is 36.4 Å². The summed E-state index contributed by atoms with van der Waals surface area (Å²) >= 11 is 0. The second-order valence-corrected chi connectivity index (χ2v) is 10.3. The van der Waals surface area contributed by atoms with Gasteiger partial charge < -0.3 is 4.74 Å². The quantitative estimate of drug-likeness (QED) is 0.476. The third-order valence-corrected chi connectivity index (χ3v) is 8.18. The highest BCUT2D eigenvalue weighted by atomic mass is 32.2. The van der Waals surface area contributed by atoms with Gasteiger partial charge in [-0.2, -0.15) is 4.31 Å². The van der Waals surface area contributed by atoms with Gasteiger partial charge in [0.15, 0.2) is 0 Å². The largest absolute Gasteiger partial charge is 0.573 e. The molecule has 11 heteroatoms. The van der Waals surface area contributed by atoms with E-state index in [-0.39, 0.29) is 29.1 Å². The average Bonchev–Trinajstić information content (AvgIpc) is 3.08. The molecule has 2 heterocycles. The van der Waals surface area contributed by atoms with E-state index in [4.69, 9.17) is 0 Å². The van der Waals surface area contributed by atoms with Gasteiger partial charge in [-0.1, -0.05) is 36.4 Å². The molecule has 2 amide bonds. The Kier molecular flexibility index (Phi) is 5.84. The lowest BCUT2D eigenvalue weighted by atomic mass is 9.94. The van der Waals surface area contributed by atoms with Crippen molar-refractivity contribution >= 4 is 21.8 Å². The number of nitrogens with zero attached hydrogens (tertiary/aromatic N) is 2. The van der Waals surface area contributed by atoms with E-state index in [9.17, 15) is 31.2 Å². The first-order chi connectivity index (χ1) is 17.1. The standard InChI is InChI=1S/C25H19F3N2O5S/c26-25(27,28)35-17-9-11-18(12-10-17)36(33,34)30-14-13-16-5-1-2-6-19(16)22(30)15-29-23(31)20-7-3-4-8-21(20)24(29)32/h1-12,22H,13-15H2/t22-/m1/s1. The molecule has 5 rings (SSSR count). The van der Waals surface area contributed by atoms with Crippen molar-refractivity contribution in [3.8, 4) is 5.75 Å². The minimum absolute atomic E-state index is 0.0635. The molecule has 0 fully saturated rings. The van der Waals surface area contributed by atoms with Crippen molar-refractivity contribution in [3.05, 3.63) is 95.1 Å². The molecule has 2 aliphatic heterocycles. The lowest BCUT2D eigenvalue weighted by Crippen LogP contribution is -2.46. The van der Waals surface area contributed by atoms with Crippen LogP contribution in [0.2, 0.25) is 0 Å². The van der Waals surface area contributed by atoms with E-state index in [1.807, 2.05) is 12.1 Å². The smallest absolute Gasteiger partial charge is 0.406 e. The number of sulfonamides is 1. The SMILES string of the molecule is O=C1c2ccccc2C(=O)N1C[C@@H]1c2ccccc2CCN1S(=O)(=O)c1ccc(OC(F)(F)F)cc1. The van der Waals surface area contributed by atoms with Crippen LogP contribution in [-0.4, -0.2) is 48.9 Å². The number of halogens is 3. The van der Waals surface area contributed by atoms with Gasteiger partial charge in [0.1, 0.15) is 5.75 Å². The number of ether oxygens (including phenoxy) is 1. The topological polar surface area (TPSA) is 84.0 Å². The zero-order valence-electron chi connectivity index (χ0n) is 18.6. The summed E-state index contributed by atoms with van der Waals surface area (Å²) in [6.45, 7) is -0.147. The Morgan fingerprint density at radius 1 is 0.861 bits per heavy atom. The monoisotopic (exact) mass is 516 g/mol. The summed E-state index contributed by atoms with van der Waals surface area (Å²) in [4.78, 5) is 26.8. The number of carbonyl (C=O) groups is 2. The first-order valence-corrected chi connectivity index (χ1v) is 12.4. The number of amides is 2. The molecule has 0 aromatic heterocycles. The van der Waals surface area contributed by atoms with Crippen LogP contribution < -0.4 is 4.74 Å². The fourth-order valence-corrected chi connectivity index (χ4v) is 6.23. The molecule has 0 spiro atoms. The molecular formula is C25H19F3N2O5S. The van der Waals surface area contributed by atoms with Crippen LogP contribution in [0.15, 0.2) is 77.7 Å². The predicted octanol–water partition coefficient (Wildman–Crippen LogP) is 4.17. The average molecular weight is 516 g/mol. The molecule has 2 aliphatic rings. The highest BCUT2D eigenvalue weighted by Crippen LogP contribution is 2.37. The molecule has 0 unspecified atom stereocenters. The van der Waals surface area contributed by atoms with E-state index in [1.165, 1.54) is 4.31 Å². The number of fused-ring (bicyclic) bond motifs is 2. The highest BCUT2D eigenvalue weighted by molar-refractivity contribution is 7.89. The van der Waals surface area contributed by atoms with E-state index in [2.05, 4.69) is 4.74 Å². The summed E-state index contributed by atoms with van der Waals surface area (Å²) in [5.41, 5.74) is 2.04. The second-order valence-electron chi connectivity index (χ2n) is 8.37. The van der Waals surface area contributed by atoms with Crippen molar-refractivity contribution in [3.63, 3.8) is 0 Å². The Bertz CT molecular complexity index is 1420. The van der Waals surface area contributed by atoms with Gasteiger partial charge in [0, 0.05) is 6.54 Å². The maximum absolute atomic E-state index is 13.6. The van der Waals surface area contributed by atoms with Crippen LogP contribution in [0.1, 0.15) is 37.9 Å². The van der Waals surface area contributed by atoms with Crippen LogP contribution in [0.5, 0.6) is 5.75 Å². The van der Waals surface area contributed by atoms with Crippen molar-refractivity contribution in [2.24, 2.45) is 0 Å². The van der Waals surface area contributed by atoms with Gasteiger partial charge in [-0.3, -0.25) is 14.5 Å². The molecule has 0 saturated carbocycles. The van der Waals surface area contributed by atoms with Crippen LogP contribution in [0.3, 0.4) is 0 Å². The van der Waals surface area contributed by atoms with Crippen LogP contribution in [0.25, 0.3) is 0 Å². The molecular weight excluding hydrogens is 497 g/mol.